The molecule has 5 nitrogen and oxygen atoms in total. The van der Waals surface area contributed by atoms with E-state index in [1.807, 2.05) is 74.0 Å². The quantitative estimate of drug-likeness (QED) is 0.343. The molecular formula is C29H25FN4O. The van der Waals surface area contributed by atoms with Gasteiger partial charge in [-0.2, -0.15) is 5.10 Å². The van der Waals surface area contributed by atoms with Crippen molar-refractivity contribution in [3.63, 3.8) is 0 Å². The van der Waals surface area contributed by atoms with E-state index in [2.05, 4.69) is 10.4 Å². The second-order valence-electron chi connectivity index (χ2n) is 8.78. The van der Waals surface area contributed by atoms with Crippen LogP contribution >= 0.6 is 0 Å². The molecule has 0 saturated heterocycles. The van der Waals surface area contributed by atoms with Crippen molar-refractivity contribution in [2.24, 2.45) is 0 Å². The van der Waals surface area contributed by atoms with Crippen LogP contribution in [0.1, 0.15) is 32.7 Å². The van der Waals surface area contributed by atoms with Crippen molar-refractivity contribution >= 4 is 16.8 Å². The Hall–Kier alpha value is -4.32. The monoisotopic (exact) mass is 464 g/mol. The third-order valence-corrected chi connectivity index (χ3v) is 6.12. The van der Waals surface area contributed by atoms with Gasteiger partial charge in [-0.1, -0.05) is 41.5 Å². The number of hydrogen-bond acceptors (Lipinski definition) is 3. The van der Waals surface area contributed by atoms with Crippen LogP contribution < -0.4 is 5.32 Å². The van der Waals surface area contributed by atoms with Gasteiger partial charge in [-0.15, -0.1) is 0 Å². The van der Waals surface area contributed by atoms with Crippen molar-refractivity contribution in [2.75, 3.05) is 0 Å². The zero-order chi connectivity index (χ0) is 24.5. The number of aryl methyl sites for hydroxylation is 2. The van der Waals surface area contributed by atoms with E-state index in [-0.39, 0.29) is 18.3 Å². The molecule has 2 aromatic heterocycles. The van der Waals surface area contributed by atoms with Crippen LogP contribution in [0.15, 0.2) is 79.0 Å². The molecule has 6 heteroatoms. The zero-order valence-electron chi connectivity index (χ0n) is 19.8. The lowest BCUT2D eigenvalue weighted by Crippen LogP contribution is -2.23. The van der Waals surface area contributed by atoms with E-state index in [9.17, 15) is 9.18 Å². The zero-order valence-corrected chi connectivity index (χ0v) is 19.8. The number of halogens is 1. The molecule has 3 aromatic carbocycles. The summed E-state index contributed by atoms with van der Waals surface area (Å²) < 4.78 is 15.4. The first-order valence-corrected chi connectivity index (χ1v) is 11.4. The number of benzene rings is 3. The molecule has 1 amide bonds. The van der Waals surface area contributed by atoms with E-state index in [0.29, 0.717) is 16.8 Å². The molecule has 0 aliphatic carbocycles. The van der Waals surface area contributed by atoms with Gasteiger partial charge in [-0.3, -0.25) is 4.79 Å². The van der Waals surface area contributed by atoms with Crippen LogP contribution in [0.2, 0.25) is 0 Å². The molecule has 0 atom stereocenters. The maximum atomic E-state index is 13.6. The third-order valence-electron chi connectivity index (χ3n) is 6.12. The van der Waals surface area contributed by atoms with E-state index >= 15 is 0 Å². The fourth-order valence-corrected chi connectivity index (χ4v) is 4.20. The Morgan fingerprint density at radius 2 is 1.71 bits per heavy atom. The standard InChI is InChI=1S/C29H25FN4O/c1-18-7-10-23(11-8-18)34-20(3)26(17-32-34)28-15-25(24-13-19(2)9-12-27(24)33-28)29(35)31-16-21-5-4-6-22(30)14-21/h4-15,17H,16H2,1-3H3,(H,31,35). The predicted molar refractivity (Wildman–Crippen MR) is 136 cm³/mol. The van der Waals surface area contributed by atoms with E-state index in [1.54, 1.807) is 18.3 Å². The van der Waals surface area contributed by atoms with Crippen LogP contribution in [0.25, 0.3) is 27.8 Å². The number of nitrogens with zero attached hydrogens (tertiary/aromatic N) is 3. The Bertz CT molecular complexity index is 1550. The maximum absolute atomic E-state index is 13.6. The van der Waals surface area contributed by atoms with Crippen LogP contribution in [0.3, 0.4) is 0 Å². The van der Waals surface area contributed by atoms with Crippen LogP contribution in [0.5, 0.6) is 0 Å². The van der Waals surface area contributed by atoms with E-state index in [0.717, 1.165) is 33.4 Å². The summed E-state index contributed by atoms with van der Waals surface area (Å²) in [6.07, 6.45) is 1.78. The number of carbonyl (C=O) groups excluding carboxylic acids is 1. The van der Waals surface area contributed by atoms with Gasteiger partial charge >= 0.3 is 0 Å². The molecule has 0 fully saturated rings. The third kappa shape index (κ3) is 4.55. The Kier molecular flexibility index (Phi) is 5.87. The first kappa shape index (κ1) is 22.5. The van der Waals surface area contributed by atoms with Gasteiger partial charge in [-0.05, 0) is 68.8 Å². The number of pyridine rings is 1. The van der Waals surface area contributed by atoms with E-state index in [1.165, 1.54) is 17.7 Å². The van der Waals surface area contributed by atoms with E-state index < -0.39 is 0 Å². The lowest BCUT2D eigenvalue weighted by atomic mass is 10.0. The SMILES string of the molecule is Cc1ccc(-n2ncc(-c3cc(C(=O)NCc4cccc(F)c4)c4cc(C)ccc4n3)c2C)cc1. The summed E-state index contributed by atoms with van der Waals surface area (Å²) in [5, 5.41) is 8.29. The van der Waals surface area contributed by atoms with Gasteiger partial charge in [-0.25, -0.2) is 14.1 Å². The summed E-state index contributed by atoms with van der Waals surface area (Å²) >= 11 is 0. The maximum Gasteiger partial charge on any atom is 0.252 e. The summed E-state index contributed by atoms with van der Waals surface area (Å²) in [5.74, 6) is -0.567. The number of carbonyl (C=O) groups is 1. The topological polar surface area (TPSA) is 59.8 Å². The molecule has 0 saturated carbocycles. The van der Waals surface area contributed by atoms with Gasteiger partial charge < -0.3 is 5.32 Å². The Morgan fingerprint density at radius 3 is 2.49 bits per heavy atom. The Labute approximate surface area is 203 Å². The molecule has 0 bridgehead atoms. The molecule has 1 N–H and O–H groups in total. The minimum absolute atomic E-state index is 0.228. The Morgan fingerprint density at radius 1 is 0.943 bits per heavy atom. The number of fused-ring (bicyclic) bond motifs is 1. The highest BCUT2D eigenvalue weighted by atomic mass is 19.1. The van der Waals surface area contributed by atoms with Gasteiger partial charge in [0.25, 0.3) is 5.91 Å². The van der Waals surface area contributed by atoms with Gasteiger partial charge in [0.05, 0.1) is 34.4 Å². The summed E-state index contributed by atoms with van der Waals surface area (Å²) in [5.41, 5.74) is 7.58. The van der Waals surface area contributed by atoms with Crippen LogP contribution in [0.4, 0.5) is 4.39 Å². The minimum Gasteiger partial charge on any atom is -0.348 e. The van der Waals surface area contributed by atoms with Crippen LogP contribution in [0, 0.1) is 26.6 Å². The highest BCUT2D eigenvalue weighted by Crippen LogP contribution is 2.29. The molecule has 0 aliphatic heterocycles. The molecule has 0 unspecified atom stereocenters. The molecule has 2 heterocycles. The number of amides is 1. The van der Waals surface area contributed by atoms with E-state index in [4.69, 9.17) is 4.98 Å². The largest absolute Gasteiger partial charge is 0.348 e. The predicted octanol–water partition coefficient (Wildman–Crippen LogP) is 6.08. The Balaban J connectivity index is 1.55. The van der Waals surface area contributed by atoms with Crippen molar-refractivity contribution in [2.45, 2.75) is 27.3 Å². The molecule has 5 rings (SSSR count). The normalized spacial score (nSPS) is 11.1. The lowest BCUT2D eigenvalue weighted by molar-refractivity contribution is 0.0952. The minimum atomic E-state index is -0.329. The van der Waals surface area contributed by atoms with Crippen molar-refractivity contribution in [3.05, 3.63) is 113 Å². The second kappa shape index (κ2) is 9.14. The molecule has 174 valence electrons. The number of nitrogens with one attached hydrogen (secondary N) is 1. The molecule has 5 aromatic rings. The summed E-state index contributed by atoms with van der Waals surface area (Å²) in [6.45, 7) is 6.25. The summed E-state index contributed by atoms with van der Waals surface area (Å²) in [7, 11) is 0. The molecule has 0 spiro atoms. The number of hydrogen-bond donors (Lipinski definition) is 1. The van der Waals surface area contributed by atoms with Gasteiger partial charge in [0.2, 0.25) is 0 Å². The first-order valence-electron chi connectivity index (χ1n) is 11.4. The molecule has 0 aliphatic rings. The van der Waals surface area contributed by atoms with Crippen molar-refractivity contribution < 1.29 is 9.18 Å². The highest BCUT2D eigenvalue weighted by molar-refractivity contribution is 6.07. The average Bonchev–Trinajstić information content (AvgIpc) is 3.23. The van der Waals surface area contributed by atoms with Crippen LogP contribution in [-0.4, -0.2) is 20.7 Å². The first-order chi connectivity index (χ1) is 16.9. The summed E-state index contributed by atoms with van der Waals surface area (Å²) in [6, 6.07) is 22.1. The van der Waals surface area contributed by atoms with Gasteiger partial charge in [0.1, 0.15) is 5.82 Å². The average molecular weight is 465 g/mol. The summed E-state index contributed by atoms with van der Waals surface area (Å²) in [4.78, 5) is 18.2. The van der Waals surface area contributed by atoms with Crippen molar-refractivity contribution in [3.8, 4) is 16.9 Å². The fourth-order valence-electron chi connectivity index (χ4n) is 4.20. The molecule has 35 heavy (non-hydrogen) atoms. The number of aromatic nitrogens is 3. The van der Waals surface area contributed by atoms with Crippen LogP contribution in [-0.2, 0) is 6.54 Å². The van der Waals surface area contributed by atoms with Gasteiger partial charge in [0.15, 0.2) is 0 Å². The number of rotatable bonds is 5. The second-order valence-corrected chi connectivity index (χ2v) is 8.78. The fraction of sp³-hybridized carbons (Fsp3) is 0.138. The van der Waals surface area contributed by atoms with Gasteiger partial charge in [0, 0.05) is 17.5 Å². The molecule has 0 radical (unpaired) electrons. The molecular weight excluding hydrogens is 439 g/mol. The van der Waals surface area contributed by atoms with Crippen molar-refractivity contribution in [1.29, 1.82) is 0 Å². The smallest absolute Gasteiger partial charge is 0.252 e. The lowest BCUT2D eigenvalue weighted by Gasteiger charge is -2.12. The van der Waals surface area contributed by atoms with Crippen molar-refractivity contribution in [1.82, 2.24) is 20.1 Å². The highest BCUT2D eigenvalue weighted by Gasteiger charge is 2.17.